The van der Waals surface area contributed by atoms with Gasteiger partial charge in [0.1, 0.15) is 13.2 Å². The summed E-state index contributed by atoms with van der Waals surface area (Å²) in [7, 11) is 1.35. The highest BCUT2D eigenvalue weighted by Crippen LogP contribution is 2.44. The lowest BCUT2D eigenvalue weighted by Crippen LogP contribution is -2.49. The molecule has 0 radical (unpaired) electrons. The molecule has 4 heterocycles. The number of benzene rings is 5. The maximum Gasteiger partial charge on any atom is 0.288 e. The Labute approximate surface area is 464 Å². The third-order valence-corrected chi connectivity index (χ3v) is 17.6. The fourth-order valence-corrected chi connectivity index (χ4v) is 13.2. The van der Waals surface area contributed by atoms with E-state index < -0.39 is 58.3 Å². The average Bonchev–Trinajstić information content (AvgIpc) is 4.18. The van der Waals surface area contributed by atoms with Gasteiger partial charge in [0.05, 0.1) is 68.4 Å². The Morgan fingerprint density at radius 1 is 0.696 bits per heavy atom. The van der Waals surface area contributed by atoms with E-state index in [0.29, 0.717) is 59.0 Å². The summed E-state index contributed by atoms with van der Waals surface area (Å²) >= 11 is 0. The summed E-state index contributed by atoms with van der Waals surface area (Å²) in [6.45, 7) is 3.05. The molecule has 7 N–H and O–H groups in total. The van der Waals surface area contributed by atoms with E-state index in [0.717, 1.165) is 16.8 Å². The Morgan fingerprint density at radius 2 is 1.23 bits per heavy atom. The molecule has 21 nitrogen and oxygen atoms in total. The van der Waals surface area contributed by atoms with Gasteiger partial charge in [-0.1, -0.05) is 58.0 Å². The van der Waals surface area contributed by atoms with E-state index in [1.165, 1.54) is 31.3 Å². The molecule has 9 rings (SSSR count). The van der Waals surface area contributed by atoms with Crippen molar-refractivity contribution in [3.8, 4) is 23.0 Å². The molecule has 0 bridgehead atoms. The van der Waals surface area contributed by atoms with E-state index in [-0.39, 0.29) is 83.6 Å². The Hall–Kier alpha value is -7.67. The van der Waals surface area contributed by atoms with Gasteiger partial charge in [0.15, 0.2) is 28.4 Å². The Kier molecular flexibility index (Phi) is 16.8. The Balaban J connectivity index is 0.915. The summed E-state index contributed by atoms with van der Waals surface area (Å²) in [5.74, 6) is -1.98. The largest absolute Gasteiger partial charge is 0.493 e. The van der Waals surface area contributed by atoms with Gasteiger partial charge in [0, 0.05) is 46.9 Å². The minimum Gasteiger partial charge on any atom is -0.493 e. The van der Waals surface area contributed by atoms with Crippen molar-refractivity contribution in [2.45, 2.75) is 74.9 Å². The Morgan fingerprint density at radius 3 is 1.82 bits per heavy atom. The van der Waals surface area contributed by atoms with Gasteiger partial charge in [-0.05, 0) is 104 Å². The molecule has 3 atom stereocenters. The van der Waals surface area contributed by atoms with E-state index in [2.05, 4.69) is 31.9 Å². The van der Waals surface area contributed by atoms with Crippen molar-refractivity contribution in [3.05, 3.63) is 124 Å². The van der Waals surface area contributed by atoms with Crippen LogP contribution in [0, 0.1) is 0 Å². The number of nitrogens with zero attached hydrogens (tertiary/aromatic N) is 2. The number of fused-ring (bicyclic) bond motifs is 8. The zero-order valence-electron chi connectivity index (χ0n) is 43.9. The van der Waals surface area contributed by atoms with Crippen molar-refractivity contribution < 1.29 is 60.7 Å². The van der Waals surface area contributed by atoms with Crippen molar-refractivity contribution in [2.24, 2.45) is 0 Å². The van der Waals surface area contributed by atoms with Crippen LogP contribution in [0.15, 0.2) is 91.0 Å². The predicted molar refractivity (Wildman–Crippen MR) is 302 cm³/mol. The topological polar surface area (TPSA) is 272 Å². The summed E-state index contributed by atoms with van der Waals surface area (Å²) in [5, 5.41) is 15.0. The maximum absolute atomic E-state index is 14.3. The minimum absolute atomic E-state index is 0.0750. The number of carbonyl (C=O) groups is 6. The van der Waals surface area contributed by atoms with Crippen molar-refractivity contribution in [3.63, 3.8) is 0 Å². The standard InChI is InChI=1S/C55H60N8O13S3/c1-55(2,78-77-5)15-14-48(64)57-26-49(65)58-27-50(66)59-28-51(67)60-35-17-31(29-75-46-23-39-37(21-44(46)73-3)53(68)62-36(25-56-39)19-33-10-6-8-12-41(33)62)16-32(18-35)30-76-47-24-40-38(22-45(47)74-4)54(69)63-42-13-9-7-11-34(42)20-43(63)52(61-40)79(70,71)72/h6-13,16-18,21-24,36,43,52,56,61H,14-15,19-20,25-30H2,1-5H3,(H,57,64)(H,58,65)(H,59,66)(H,60,67)(H,70,71,72)/t36?,43-,52?/m0/s1. The maximum atomic E-state index is 14.3. The zero-order valence-corrected chi connectivity index (χ0v) is 46.4. The van der Waals surface area contributed by atoms with Gasteiger partial charge in [-0.25, -0.2) is 0 Å². The summed E-state index contributed by atoms with van der Waals surface area (Å²) in [5.41, 5.74) is 5.65. The molecule has 0 fully saturated rings. The number of amides is 6. The van der Waals surface area contributed by atoms with Crippen LogP contribution in [0.2, 0.25) is 0 Å². The number of anilines is 5. The number of rotatable bonds is 21. The van der Waals surface area contributed by atoms with Crippen LogP contribution in [0.5, 0.6) is 23.0 Å². The number of para-hydroxylation sites is 2. The first-order valence-electron chi connectivity index (χ1n) is 25.3. The third-order valence-electron chi connectivity index (χ3n) is 13.8. The third kappa shape index (κ3) is 12.8. The molecule has 6 amide bonds. The van der Waals surface area contributed by atoms with E-state index in [1.54, 1.807) is 76.2 Å². The van der Waals surface area contributed by atoms with Gasteiger partial charge in [0.25, 0.3) is 21.9 Å². The molecule has 5 aromatic carbocycles. The number of hydrogen-bond acceptors (Lipinski definition) is 16. The van der Waals surface area contributed by atoms with Crippen LogP contribution < -0.4 is 60.6 Å². The first-order chi connectivity index (χ1) is 37.8. The van der Waals surface area contributed by atoms with Gasteiger partial charge < -0.3 is 60.6 Å². The average molecular weight is 1140 g/mol. The molecule has 0 spiro atoms. The van der Waals surface area contributed by atoms with Gasteiger partial charge in [0.2, 0.25) is 23.6 Å². The summed E-state index contributed by atoms with van der Waals surface area (Å²) < 4.78 is 60.5. The molecule has 4 aliphatic heterocycles. The van der Waals surface area contributed by atoms with Crippen molar-refractivity contribution in [1.82, 2.24) is 16.0 Å². The quantitative estimate of drug-likeness (QED) is 0.0332. The van der Waals surface area contributed by atoms with Crippen LogP contribution in [0.25, 0.3) is 0 Å². The predicted octanol–water partition coefficient (Wildman–Crippen LogP) is 5.93. The van der Waals surface area contributed by atoms with Gasteiger partial charge in [-0.2, -0.15) is 8.42 Å². The lowest BCUT2D eigenvalue weighted by atomic mass is 10.1. The smallest absolute Gasteiger partial charge is 0.288 e. The van der Waals surface area contributed by atoms with Crippen LogP contribution in [0.3, 0.4) is 0 Å². The van der Waals surface area contributed by atoms with Gasteiger partial charge in [-0.15, -0.1) is 0 Å². The van der Waals surface area contributed by atoms with Crippen LogP contribution in [-0.2, 0) is 55.4 Å². The van der Waals surface area contributed by atoms with E-state index >= 15 is 0 Å². The van der Waals surface area contributed by atoms with Crippen LogP contribution in [0.1, 0.15) is 69.7 Å². The normalized spacial score (nSPS) is 16.9. The molecule has 0 aliphatic carbocycles. The number of nitrogens with one attached hydrogen (secondary N) is 6. The number of carbonyl (C=O) groups excluding carboxylic acids is 6. The van der Waals surface area contributed by atoms with Crippen molar-refractivity contribution >= 4 is 95.6 Å². The second-order valence-electron chi connectivity index (χ2n) is 19.8. The first-order valence-corrected chi connectivity index (χ1v) is 29.3. The highest BCUT2D eigenvalue weighted by Gasteiger charge is 2.47. The zero-order chi connectivity index (χ0) is 56.2. The highest BCUT2D eigenvalue weighted by atomic mass is 33.1. The summed E-state index contributed by atoms with van der Waals surface area (Å²) in [4.78, 5) is 82.5. The Bertz CT molecular complexity index is 3340. The second kappa shape index (κ2) is 23.7. The monoisotopic (exact) mass is 1140 g/mol. The molecular weight excluding hydrogens is 1080 g/mol. The molecular formula is C55H60N8O13S3. The number of ether oxygens (including phenoxy) is 4. The van der Waals surface area contributed by atoms with E-state index in [9.17, 15) is 41.7 Å². The van der Waals surface area contributed by atoms with Crippen LogP contribution >= 0.6 is 21.6 Å². The second-order valence-corrected chi connectivity index (χ2v) is 24.4. The molecule has 0 saturated carbocycles. The van der Waals surface area contributed by atoms with E-state index in [4.69, 9.17) is 18.9 Å². The van der Waals surface area contributed by atoms with Crippen LogP contribution in [-0.4, -0.2) is 117 Å². The lowest BCUT2D eigenvalue weighted by Gasteiger charge is -2.27. The molecule has 4 aliphatic rings. The van der Waals surface area contributed by atoms with E-state index in [1.807, 2.05) is 49.3 Å². The molecule has 416 valence electrons. The van der Waals surface area contributed by atoms with Gasteiger partial charge in [-0.3, -0.25) is 33.3 Å². The fourth-order valence-electron chi connectivity index (χ4n) is 10.1. The molecule has 0 aromatic heterocycles. The number of hydrogen-bond donors (Lipinski definition) is 7. The summed E-state index contributed by atoms with van der Waals surface area (Å²) in [6.07, 6.45) is 3.67. The lowest BCUT2D eigenvalue weighted by molar-refractivity contribution is -0.128. The van der Waals surface area contributed by atoms with Gasteiger partial charge >= 0.3 is 0 Å². The number of methoxy groups -OCH3 is 2. The molecule has 2 unspecified atom stereocenters. The van der Waals surface area contributed by atoms with Crippen molar-refractivity contribution in [2.75, 3.05) is 72.4 Å². The molecule has 0 saturated heterocycles. The SMILES string of the molecule is COc1cc2c(cc1OCc1cc(COc3cc4c(cc3OC)C(=O)N3c5ccccc5C[C@H]3C(S(=O)(=O)O)N4)cc(NC(=O)CNC(=O)CNC(=O)CNC(=O)CCC(C)(C)SSC)c1)NCC1Cc3ccccc3N1C2=O. The highest BCUT2D eigenvalue weighted by molar-refractivity contribution is 8.76. The van der Waals surface area contributed by atoms with Crippen molar-refractivity contribution in [1.29, 1.82) is 0 Å². The molecule has 79 heavy (non-hydrogen) atoms. The van der Waals surface area contributed by atoms with Crippen LogP contribution in [0.4, 0.5) is 28.4 Å². The first kappa shape index (κ1) is 56.1. The summed E-state index contributed by atoms with van der Waals surface area (Å²) in [6, 6.07) is 25.1. The molecule has 24 heteroatoms. The molecule has 5 aromatic rings. The minimum atomic E-state index is -4.77. The fraction of sp³-hybridized carbons (Fsp3) is 0.345.